The highest BCUT2D eigenvalue weighted by Gasteiger charge is 2.35. The first-order valence-corrected chi connectivity index (χ1v) is 4.66. The predicted octanol–water partition coefficient (Wildman–Crippen LogP) is -0.968. The van der Waals surface area contributed by atoms with Crippen molar-refractivity contribution in [2.24, 2.45) is 5.73 Å². The lowest BCUT2D eigenvalue weighted by atomic mass is 10.3. The summed E-state index contributed by atoms with van der Waals surface area (Å²) in [5, 5.41) is 28.0. The molecule has 0 bridgehead atoms. The average molecular weight is 229 g/mol. The molecule has 0 aromatic heterocycles. The summed E-state index contributed by atoms with van der Waals surface area (Å²) >= 11 is 0. The van der Waals surface area contributed by atoms with Crippen LogP contribution in [-0.4, -0.2) is 41.1 Å². The Morgan fingerprint density at radius 1 is 1.31 bits per heavy atom. The zero-order valence-electron chi connectivity index (χ0n) is 8.83. The number of rotatable bonds is 5. The van der Waals surface area contributed by atoms with Crippen LogP contribution in [0.1, 0.15) is 0 Å². The van der Waals surface area contributed by atoms with Gasteiger partial charge in [0.15, 0.2) is 17.6 Å². The standard InChI is InChI=1S/C10H15NO5/c1-15-7-4-2-3-5-8(7)16-10(13,14)9(12)6-11/h2-5,9,12-14H,6,11H2,1H3. The predicted molar refractivity (Wildman–Crippen MR) is 55.9 cm³/mol. The second kappa shape index (κ2) is 5.13. The number of hydrogen-bond donors (Lipinski definition) is 4. The first-order valence-electron chi connectivity index (χ1n) is 4.66. The smallest absolute Gasteiger partial charge is 0.351 e. The van der Waals surface area contributed by atoms with Gasteiger partial charge in [0.2, 0.25) is 0 Å². The maximum Gasteiger partial charge on any atom is 0.351 e. The van der Waals surface area contributed by atoms with Gasteiger partial charge in [0.25, 0.3) is 0 Å². The van der Waals surface area contributed by atoms with Crippen LogP contribution < -0.4 is 15.2 Å². The van der Waals surface area contributed by atoms with Crippen molar-refractivity contribution < 1.29 is 24.8 Å². The van der Waals surface area contributed by atoms with E-state index < -0.39 is 12.1 Å². The van der Waals surface area contributed by atoms with Crippen LogP contribution in [0, 0.1) is 0 Å². The summed E-state index contributed by atoms with van der Waals surface area (Å²) in [6.45, 7) is -0.345. The summed E-state index contributed by atoms with van der Waals surface area (Å²) in [5.41, 5.74) is 5.10. The average Bonchev–Trinajstić information content (AvgIpc) is 2.28. The van der Waals surface area contributed by atoms with Crippen molar-refractivity contribution in [3.8, 4) is 11.5 Å². The minimum absolute atomic E-state index is 0.0995. The molecule has 0 amide bonds. The number of hydrogen-bond acceptors (Lipinski definition) is 6. The molecule has 0 saturated carbocycles. The van der Waals surface area contributed by atoms with Gasteiger partial charge in [0.05, 0.1) is 7.11 Å². The van der Waals surface area contributed by atoms with Gasteiger partial charge in [-0.25, -0.2) is 0 Å². The molecule has 5 N–H and O–H groups in total. The normalized spacial score (nSPS) is 13.3. The first kappa shape index (κ1) is 12.7. The third kappa shape index (κ3) is 2.83. The third-order valence-corrected chi connectivity index (χ3v) is 1.99. The molecule has 6 heteroatoms. The second-order valence-corrected chi connectivity index (χ2v) is 3.16. The van der Waals surface area contributed by atoms with E-state index in [0.717, 1.165) is 0 Å². The molecule has 0 heterocycles. The lowest BCUT2D eigenvalue weighted by molar-refractivity contribution is -0.335. The van der Waals surface area contributed by atoms with Crippen molar-refractivity contribution in [1.29, 1.82) is 0 Å². The van der Waals surface area contributed by atoms with Gasteiger partial charge in [-0.15, -0.1) is 0 Å². The van der Waals surface area contributed by atoms with Crippen LogP contribution in [0.15, 0.2) is 24.3 Å². The summed E-state index contributed by atoms with van der Waals surface area (Å²) in [6.07, 6.45) is -1.61. The monoisotopic (exact) mass is 229 g/mol. The Morgan fingerprint density at radius 2 is 1.88 bits per heavy atom. The van der Waals surface area contributed by atoms with Gasteiger partial charge < -0.3 is 30.5 Å². The van der Waals surface area contributed by atoms with Crippen LogP contribution in [0.5, 0.6) is 11.5 Å². The largest absolute Gasteiger partial charge is 0.493 e. The zero-order valence-corrected chi connectivity index (χ0v) is 8.83. The van der Waals surface area contributed by atoms with Crippen molar-refractivity contribution in [3.05, 3.63) is 24.3 Å². The zero-order chi connectivity index (χ0) is 12.2. The molecule has 0 fully saturated rings. The van der Waals surface area contributed by atoms with Crippen LogP contribution in [0.2, 0.25) is 0 Å². The Hall–Kier alpha value is -1.34. The number of benzene rings is 1. The molecule has 0 radical (unpaired) electrons. The SMILES string of the molecule is COc1ccccc1OC(O)(O)C(O)CN. The van der Waals surface area contributed by atoms with Crippen LogP contribution in [0.3, 0.4) is 0 Å². The maximum atomic E-state index is 9.40. The molecule has 1 aromatic rings. The van der Waals surface area contributed by atoms with Crippen molar-refractivity contribution >= 4 is 0 Å². The lowest BCUT2D eigenvalue weighted by Gasteiger charge is -2.27. The summed E-state index contributed by atoms with van der Waals surface area (Å²) < 4.78 is 9.78. The molecule has 0 aliphatic heterocycles. The van der Waals surface area contributed by atoms with E-state index in [2.05, 4.69) is 0 Å². The van der Waals surface area contributed by atoms with Gasteiger partial charge in [0.1, 0.15) is 0 Å². The molecule has 90 valence electrons. The fourth-order valence-electron chi connectivity index (χ4n) is 1.09. The highest BCUT2D eigenvalue weighted by Crippen LogP contribution is 2.28. The van der Waals surface area contributed by atoms with E-state index in [9.17, 15) is 15.3 Å². The van der Waals surface area contributed by atoms with E-state index in [4.69, 9.17) is 15.2 Å². The topological polar surface area (TPSA) is 105 Å². The Bertz CT molecular complexity index is 342. The van der Waals surface area contributed by atoms with E-state index >= 15 is 0 Å². The number of para-hydroxylation sites is 2. The Balaban J connectivity index is 2.87. The molecule has 6 nitrogen and oxygen atoms in total. The van der Waals surface area contributed by atoms with Crippen molar-refractivity contribution in [2.45, 2.75) is 12.1 Å². The minimum Gasteiger partial charge on any atom is -0.493 e. The Morgan fingerprint density at radius 3 is 2.38 bits per heavy atom. The van der Waals surface area contributed by atoms with E-state index in [0.29, 0.717) is 5.75 Å². The molecule has 1 unspecified atom stereocenters. The van der Waals surface area contributed by atoms with Gasteiger partial charge in [-0.3, -0.25) is 0 Å². The summed E-state index contributed by atoms with van der Waals surface area (Å²) in [4.78, 5) is 0. The van der Waals surface area contributed by atoms with Crippen LogP contribution in [-0.2, 0) is 0 Å². The van der Waals surface area contributed by atoms with Crippen LogP contribution in [0.4, 0.5) is 0 Å². The number of aliphatic hydroxyl groups is 3. The van der Waals surface area contributed by atoms with Crippen LogP contribution in [0.25, 0.3) is 0 Å². The quantitative estimate of drug-likeness (QED) is 0.484. The highest BCUT2D eigenvalue weighted by atomic mass is 16.8. The fourth-order valence-corrected chi connectivity index (χ4v) is 1.09. The molecule has 1 rings (SSSR count). The Kier molecular flexibility index (Phi) is 4.08. The summed E-state index contributed by atoms with van der Waals surface area (Å²) in [5.74, 6) is -2.33. The number of methoxy groups -OCH3 is 1. The van der Waals surface area contributed by atoms with E-state index in [1.165, 1.54) is 13.2 Å². The van der Waals surface area contributed by atoms with E-state index in [-0.39, 0.29) is 12.3 Å². The molecule has 0 saturated heterocycles. The van der Waals surface area contributed by atoms with Gasteiger partial charge in [-0.2, -0.15) is 0 Å². The minimum atomic E-state index is -2.75. The molecule has 0 aliphatic rings. The van der Waals surface area contributed by atoms with E-state index in [1.807, 2.05) is 0 Å². The molecule has 1 atom stereocenters. The molecule has 1 aromatic carbocycles. The van der Waals surface area contributed by atoms with Gasteiger partial charge in [-0.05, 0) is 12.1 Å². The summed E-state index contributed by atoms with van der Waals surface area (Å²) in [7, 11) is 1.41. The third-order valence-electron chi connectivity index (χ3n) is 1.99. The van der Waals surface area contributed by atoms with Crippen molar-refractivity contribution in [1.82, 2.24) is 0 Å². The number of aliphatic hydroxyl groups excluding tert-OH is 1. The van der Waals surface area contributed by atoms with Crippen molar-refractivity contribution in [3.63, 3.8) is 0 Å². The fraction of sp³-hybridized carbons (Fsp3) is 0.400. The van der Waals surface area contributed by atoms with Crippen molar-refractivity contribution in [2.75, 3.05) is 13.7 Å². The second-order valence-electron chi connectivity index (χ2n) is 3.16. The molecule has 0 aliphatic carbocycles. The Labute approximate surface area is 92.8 Å². The van der Waals surface area contributed by atoms with Gasteiger partial charge >= 0.3 is 5.97 Å². The molecular weight excluding hydrogens is 214 g/mol. The van der Waals surface area contributed by atoms with Gasteiger partial charge in [0, 0.05) is 6.54 Å². The van der Waals surface area contributed by atoms with Gasteiger partial charge in [-0.1, -0.05) is 12.1 Å². The lowest BCUT2D eigenvalue weighted by Crippen LogP contribution is -2.51. The molecule has 16 heavy (non-hydrogen) atoms. The van der Waals surface area contributed by atoms with Crippen LogP contribution >= 0.6 is 0 Å². The first-order chi connectivity index (χ1) is 7.51. The number of ether oxygens (including phenoxy) is 2. The number of nitrogens with two attached hydrogens (primary N) is 1. The highest BCUT2D eigenvalue weighted by molar-refractivity contribution is 5.39. The van der Waals surface area contributed by atoms with E-state index in [1.54, 1.807) is 18.2 Å². The maximum absolute atomic E-state index is 9.40. The molecule has 0 spiro atoms. The summed E-state index contributed by atoms with van der Waals surface area (Å²) in [6, 6.07) is 6.38. The molecular formula is C10H15NO5.